The van der Waals surface area contributed by atoms with E-state index in [-0.39, 0.29) is 47.2 Å². The summed E-state index contributed by atoms with van der Waals surface area (Å²) < 4.78 is 0. The molecule has 0 saturated heterocycles. The first-order chi connectivity index (χ1) is 26.2. The number of ketones is 1. The number of benzene rings is 2. The Morgan fingerprint density at radius 1 is 1.00 bits per heavy atom. The smallest absolute Gasteiger partial charge is 0.189 e. The van der Waals surface area contributed by atoms with Crippen molar-refractivity contribution in [2.75, 3.05) is 11.9 Å². The molecule has 2 aromatic carbocycles. The number of aromatic hydroxyl groups is 1. The van der Waals surface area contributed by atoms with Crippen LogP contribution in [0.3, 0.4) is 0 Å². The summed E-state index contributed by atoms with van der Waals surface area (Å²) in [7, 11) is 0. The van der Waals surface area contributed by atoms with Gasteiger partial charge in [-0.1, -0.05) is 54.7 Å². The molecule has 0 radical (unpaired) electrons. The van der Waals surface area contributed by atoms with Crippen LogP contribution >= 0.6 is 22.7 Å². The molecule has 280 valence electrons. The minimum absolute atomic E-state index is 0.00997. The highest BCUT2D eigenvalue weighted by atomic mass is 32.1. The number of anilines is 1. The maximum Gasteiger partial charge on any atom is 0.189 e. The predicted molar refractivity (Wildman–Crippen MR) is 222 cm³/mol. The van der Waals surface area contributed by atoms with Crippen LogP contribution in [0.4, 0.5) is 5.69 Å². The van der Waals surface area contributed by atoms with Crippen LogP contribution in [0.2, 0.25) is 0 Å². The first-order valence-electron chi connectivity index (χ1n) is 19.6. The normalized spacial score (nSPS) is 25.7. The number of rotatable bonds is 9. The molecule has 3 saturated carbocycles. The minimum Gasteiger partial charge on any atom is -0.508 e. The number of phenolic OH excluding ortho intramolecular Hbond substituents is 1. The second kappa shape index (κ2) is 15.8. The molecule has 7 unspecified atom stereocenters. The molecule has 4 aliphatic carbocycles. The summed E-state index contributed by atoms with van der Waals surface area (Å²) in [5, 5.41) is 30.4. The van der Waals surface area contributed by atoms with E-state index in [1.807, 2.05) is 19.1 Å². The standard InChI is InChI=1S/C45H50N4O3S2/c1-3-8-32-13-18-39(53-32)40-19-20-41(54-40)44(52)36-16-17-37-42-35(33-12-7-4-9-27(33)23-38(36)42)15-14-34(43(37)49-45(46)48-29-10-5-6-11-29)28-21-30(24-31(51)22-28)47-25-26(2)50/h4,7,9,12-13,18-24,26,29,34,36-38,42-43,47,50-51H,5-6,10-11,14-17,25H2,1-2H3,(H3,46,48,49). The molecule has 0 spiro atoms. The van der Waals surface area contributed by atoms with Gasteiger partial charge in [0.2, 0.25) is 0 Å². The molecule has 0 amide bonds. The number of nitrogens with zero attached hydrogens (tertiary/aromatic N) is 1. The first-order valence-corrected chi connectivity index (χ1v) is 21.2. The van der Waals surface area contributed by atoms with Crippen molar-refractivity contribution in [2.24, 2.45) is 34.4 Å². The molecule has 7 nitrogen and oxygen atoms in total. The van der Waals surface area contributed by atoms with Gasteiger partial charge in [0, 0.05) is 45.9 Å². The lowest BCUT2D eigenvalue weighted by Crippen LogP contribution is -2.48. The van der Waals surface area contributed by atoms with Crippen molar-refractivity contribution >= 4 is 51.8 Å². The fourth-order valence-electron chi connectivity index (χ4n) is 9.77. The zero-order valence-electron chi connectivity index (χ0n) is 31.1. The molecule has 4 aromatic rings. The summed E-state index contributed by atoms with van der Waals surface area (Å²) >= 11 is 3.27. The number of phenols is 1. The Morgan fingerprint density at radius 3 is 2.61 bits per heavy atom. The summed E-state index contributed by atoms with van der Waals surface area (Å²) in [6.45, 7) is 3.98. The Morgan fingerprint density at radius 2 is 1.80 bits per heavy atom. The average molecular weight is 759 g/mol. The van der Waals surface area contributed by atoms with Crippen molar-refractivity contribution in [1.29, 1.82) is 0 Å². The quantitative estimate of drug-likeness (QED) is 0.0533. The lowest BCUT2D eigenvalue weighted by atomic mass is 9.59. The van der Waals surface area contributed by atoms with Gasteiger partial charge in [0.1, 0.15) is 5.75 Å². The molecule has 8 rings (SSSR count). The van der Waals surface area contributed by atoms with Gasteiger partial charge < -0.3 is 26.6 Å². The van der Waals surface area contributed by atoms with E-state index in [9.17, 15) is 15.0 Å². The number of carbonyl (C=O) groups is 1. The van der Waals surface area contributed by atoms with Crippen molar-refractivity contribution in [3.05, 3.63) is 92.5 Å². The number of nitrogens with one attached hydrogen (secondary N) is 2. The van der Waals surface area contributed by atoms with Crippen molar-refractivity contribution in [3.63, 3.8) is 0 Å². The van der Waals surface area contributed by atoms with Gasteiger partial charge in [-0.05, 0) is 123 Å². The van der Waals surface area contributed by atoms with Gasteiger partial charge in [0.05, 0.1) is 21.9 Å². The van der Waals surface area contributed by atoms with Gasteiger partial charge in [0.15, 0.2) is 11.7 Å². The van der Waals surface area contributed by atoms with Crippen LogP contribution in [-0.4, -0.2) is 46.7 Å². The Balaban J connectivity index is 1.19. The van der Waals surface area contributed by atoms with Crippen LogP contribution in [0.25, 0.3) is 21.4 Å². The average Bonchev–Trinajstić information content (AvgIpc) is 3.94. The Labute approximate surface area is 326 Å². The Hall–Kier alpha value is -4.36. The monoisotopic (exact) mass is 758 g/mol. The van der Waals surface area contributed by atoms with Gasteiger partial charge in [-0.2, -0.15) is 0 Å². The second-order valence-corrected chi connectivity index (χ2v) is 17.8. The number of aliphatic hydroxyl groups is 1. The molecule has 4 aliphatic rings. The number of thiophene rings is 2. The molecule has 7 atom stereocenters. The molecule has 0 aliphatic heterocycles. The third-order valence-corrected chi connectivity index (χ3v) is 14.4. The van der Waals surface area contributed by atoms with Crippen LogP contribution < -0.4 is 26.8 Å². The van der Waals surface area contributed by atoms with Crippen molar-refractivity contribution < 1.29 is 15.0 Å². The van der Waals surface area contributed by atoms with E-state index in [2.05, 4.69) is 77.1 Å². The van der Waals surface area contributed by atoms with E-state index in [4.69, 9.17) is 10.7 Å². The predicted octanol–water partition coefficient (Wildman–Crippen LogP) is 7.23. The van der Waals surface area contributed by atoms with Crippen molar-refractivity contribution in [2.45, 2.75) is 89.3 Å². The fraction of sp³-hybridized carbons (Fsp3) is 0.422. The van der Waals surface area contributed by atoms with Crippen LogP contribution in [0.5, 0.6) is 5.75 Å². The summed E-state index contributed by atoms with van der Waals surface area (Å²) in [4.78, 5) is 24.2. The lowest BCUT2D eigenvalue weighted by Gasteiger charge is -2.45. The highest BCUT2D eigenvalue weighted by Crippen LogP contribution is 2.54. The topological polar surface area (TPSA) is 120 Å². The molecule has 2 heterocycles. The van der Waals surface area contributed by atoms with E-state index < -0.39 is 6.10 Å². The summed E-state index contributed by atoms with van der Waals surface area (Å²) in [6.07, 6.45) is 9.80. The molecule has 2 aromatic heterocycles. The van der Waals surface area contributed by atoms with Crippen molar-refractivity contribution in [3.8, 4) is 27.3 Å². The Bertz CT molecular complexity index is 2240. The number of Topliss-reactive ketones (excluding diaryl/α,β-unsaturated/α-hetero) is 1. The molecule has 54 heavy (non-hydrogen) atoms. The second-order valence-electron chi connectivity index (χ2n) is 15.6. The van der Waals surface area contributed by atoms with E-state index in [1.165, 1.54) is 28.9 Å². The first kappa shape index (κ1) is 36.6. The van der Waals surface area contributed by atoms with Gasteiger partial charge in [0.25, 0.3) is 0 Å². The summed E-state index contributed by atoms with van der Waals surface area (Å²) in [5.41, 5.74) is 10.0. The number of nitrogens with two attached hydrogens (primary N) is 1. The van der Waals surface area contributed by atoms with Crippen LogP contribution in [0.15, 0.2) is 71.7 Å². The molecule has 6 N–H and O–H groups in total. The van der Waals surface area contributed by atoms with E-state index in [0.717, 1.165) is 69.3 Å². The summed E-state index contributed by atoms with van der Waals surface area (Å²) in [6, 6.07) is 22.9. The molecule has 9 heteroatoms. The van der Waals surface area contributed by atoms with Crippen LogP contribution in [0.1, 0.15) is 91.2 Å². The molecular weight excluding hydrogens is 709 g/mol. The summed E-state index contributed by atoms with van der Waals surface area (Å²) in [5.74, 6) is 7.23. The van der Waals surface area contributed by atoms with E-state index in [0.29, 0.717) is 18.5 Å². The third-order valence-electron chi connectivity index (χ3n) is 12.1. The molecule has 3 fully saturated rings. The van der Waals surface area contributed by atoms with Crippen molar-refractivity contribution in [1.82, 2.24) is 5.32 Å². The number of hydrogen-bond acceptors (Lipinski definition) is 7. The highest BCUT2D eigenvalue weighted by molar-refractivity contribution is 7.23. The number of aliphatic imine (C=N–C) groups is 1. The van der Waals surface area contributed by atoms with Gasteiger partial charge in [-0.3, -0.25) is 4.79 Å². The number of aliphatic hydroxyl groups excluding tert-OH is 1. The van der Waals surface area contributed by atoms with E-state index >= 15 is 0 Å². The number of guanidine groups is 1. The lowest BCUT2D eigenvalue weighted by molar-refractivity contribution is 0.0767. The number of hydrogen-bond donors (Lipinski definition) is 5. The fourth-order valence-corrected chi connectivity index (χ4v) is 11.8. The number of fused-ring (bicyclic) bond motifs is 1. The SMILES string of the molecule is CC#Cc1ccc(-c2ccc(C(=O)C3CCC4C(N=C(N)NC5CCCC5)C(c5cc(O)cc(NCC(C)O)c5)CCC5=c6ccccc6=CC3C54)s2)s1. The number of carbonyl (C=O) groups excluding carboxylic acids is 1. The maximum atomic E-state index is 14.7. The zero-order valence-corrected chi connectivity index (χ0v) is 32.7. The Kier molecular flexibility index (Phi) is 10.7. The molecular formula is C45H50N4O3S2. The van der Waals surface area contributed by atoms with Gasteiger partial charge >= 0.3 is 0 Å². The highest BCUT2D eigenvalue weighted by Gasteiger charge is 2.50. The van der Waals surface area contributed by atoms with E-state index in [1.54, 1.807) is 35.7 Å². The van der Waals surface area contributed by atoms with Gasteiger partial charge in [-0.15, -0.1) is 28.6 Å². The zero-order chi connectivity index (χ0) is 37.3. The minimum atomic E-state index is -0.525. The largest absolute Gasteiger partial charge is 0.508 e. The van der Waals surface area contributed by atoms with Gasteiger partial charge in [-0.25, -0.2) is 4.99 Å². The van der Waals surface area contributed by atoms with Crippen LogP contribution in [-0.2, 0) is 0 Å². The maximum absolute atomic E-state index is 14.7. The van der Waals surface area contributed by atoms with Crippen LogP contribution in [0, 0.1) is 35.5 Å². The molecule has 0 bridgehead atoms. The third kappa shape index (κ3) is 7.49.